The summed E-state index contributed by atoms with van der Waals surface area (Å²) in [4.78, 5) is 13.9. The molecule has 0 amide bonds. The molecule has 1 spiro atoms. The molecule has 2 saturated heterocycles. The molecule has 11 heteroatoms. The molecule has 2 aliphatic heterocycles. The molecule has 3 N–H and O–H groups in total. The van der Waals surface area contributed by atoms with E-state index in [2.05, 4.69) is 44.5 Å². The quantitative estimate of drug-likeness (QED) is 0.185. The molecule has 0 radical (unpaired) electrons. The third-order valence-corrected chi connectivity index (χ3v) is 10.7. The lowest BCUT2D eigenvalue weighted by Crippen LogP contribution is -2.60. The number of nitrogens with zero attached hydrogens (tertiary/aromatic N) is 4. The number of hydrogen-bond acceptors (Lipinski definition) is 9. The van der Waals surface area contributed by atoms with Crippen LogP contribution in [0.3, 0.4) is 0 Å². The van der Waals surface area contributed by atoms with Gasteiger partial charge in [0.05, 0.1) is 31.3 Å². The highest BCUT2D eigenvalue weighted by Gasteiger charge is 2.44. The van der Waals surface area contributed by atoms with Crippen molar-refractivity contribution >= 4 is 63.6 Å². The van der Waals surface area contributed by atoms with Crippen molar-refractivity contribution in [3.8, 4) is 5.75 Å². The Kier molecular flexibility index (Phi) is 8.50. The minimum absolute atomic E-state index is 0.229. The van der Waals surface area contributed by atoms with E-state index in [0.29, 0.717) is 33.6 Å². The molecule has 4 aromatic rings. The smallest absolute Gasteiger partial charge is 0.229 e. The molecule has 3 heterocycles. The molecule has 1 aromatic heterocycles. The molecule has 0 bridgehead atoms. The molecule has 0 aliphatic carbocycles. The van der Waals surface area contributed by atoms with E-state index in [-0.39, 0.29) is 6.61 Å². The predicted molar refractivity (Wildman–Crippen MR) is 182 cm³/mol. The molecule has 44 heavy (non-hydrogen) atoms. The van der Waals surface area contributed by atoms with Crippen LogP contribution in [0.25, 0.3) is 10.8 Å². The minimum atomic E-state index is -2.66. The third kappa shape index (κ3) is 6.11. The topological polar surface area (TPSA) is 103 Å². The maximum Gasteiger partial charge on any atom is 0.229 e. The van der Waals surface area contributed by atoms with Crippen LogP contribution < -0.4 is 25.6 Å². The summed E-state index contributed by atoms with van der Waals surface area (Å²) in [5.74, 6) is 1.47. The van der Waals surface area contributed by atoms with Crippen LogP contribution in [0.4, 0.5) is 28.8 Å². The van der Waals surface area contributed by atoms with Crippen molar-refractivity contribution in [3.05, 3.63) is 65.3 Å². The van der Waals surface area contributed by atoms with Crippen molar-refractivity contribution in [1.29, 1.82) is 0 Å². The lowest BCUT2D eigenvalue weighted by atomic mass is 9.72. The lowest BCUT2D eigenvalue weighted by Gasteiger charge is -2.54. The van der Waals surface area contributed by atoms with Crippen LogP contribution in [0.15, 0.2) is 54.7 Å². The van der Waals surface area contributed by atoms with Gasteiger partial charge in [-0.3, -0.25) is 4.90 Å². The van der Waals surface area contributed by atoms with E-state index in [9.17, 15) is 9.67 Å². The number of aryl methyl sites for hydroxylation is 1. The molecule has 2 fully saturated rings. The van der Waals surface area contributed by atoms with Gasteiger partial charge in [0.25, 0.3) is 0 Å². The Morgan fingerprint density at radius 1 is 1.07 bits per heavy atom. The SMILES string of the molecule is COc1cc(N2CCC3(CC2)CN(CCO)C3)c(C)cc1Nc1ncc(Cl)c(Nc2ccc3ccccc3c2P(C)(C)=O)n1. The van der Waals surface area contributed by atoms with Crippen LogP contribution in [-0.4, -0.2) is 79.7 Å². The number of rotatable bonds is 9. The highest BCUT2D eigenvalue weighted by atomic mass is 35.5. The van der Waals surface area contributed by atoms with Crippen molar-refractivity contribution in [1.82, 2.24) is 14.9 Å². The Balaban J connectivity index is 1.22. The van der Waals surface area contributed by atoms with Crippen LogP contribution in [0.2, 0.25) is 5.02 Å². The zero-order valence-electron chi connectivity index (χ0n) is 25.7. The molecule has 9 nitrogen and oxygen atoms in total. The average Bonchev–Trinajstić information content (AvgIpc) is 2.98. The number of benzene rings is 3. The molecule has 0 atom stereocenters. The number of methoxy groups -OCH3 is 1. The summed E-state index contributed by atoms with van der Waals surface area (Å²) in [5, 5.41) is 19.0. The van der Waals surface area contributed by atoms with E-state index >= 15 is 0 Å². The normalized spacial score (nSPS) is 16.6. The van der Waals surface area contributed by atoms with Crippen LogP contribution in [0.1, 0.15) is 18.4 Å². The first kappa shape index (κ1) is 30.7. The van der Waals surface area contributed by atoms with Gasteiger partial charge in [-0.15, -0.1) is 0 Å². The first-order valence-electron chi connectivity index (χ1n) is 15.0. The number of likely N-dealkylation sites (tertiary alicyclic amines) is 1. The fraction of sp³-hybridized carbons (Fsp3) is 0.394. The first-order chi connectivity index (χ1) is 21.1. The monoisotopic (exact) mass is 634 g/mol. The van der Waals surface area contributed by atoms with Crippen LogP contribution in [-0.2, 0) is 4.57 Å². The average molecular weight is 635 g/mol. The van der Waals surface area contributed by atoms with Crippen molar-refractivity contribution in [2.45, 2.75) is 19.8 Å². The number of piperidine rings is 1. The number of fused-ring (bicyclic) bond motifs is 1. The molecule has 0 unspecified atom stereocenters. The van der Waals surface area contributed by atoms with E-state index in [1.165, 1.54) is 5.69 Å². The Labute approximate surface area is 264 Å². The summed E-state index contributed by atoms with van der Waals surface area (Å²) in [6.07, 6.45) is 3.85. The number of aliphatic hydroxyl groups is 1. The van der Waals surface area contributed by atoms with Crippen LogP contribution in [0.5, 0.6) is 5.75 Å². The van der Waals surface area contributed by atoms with Crippen molar-refractivity contribution in [2.75, 3.05) is 75.3 Å². The van der Waals surface area contributed by atoms with E-state index in [4.69, 9.17) is 21.3 Å². The third-order valence-electron chi connectivity index (χ3n) is 8.90. The Hall–Kier alpha value is -3.36. The van der Waals surface area contributed by atoms with Gasteiger partial charge < -0.3 is 29.9 Å². The second-order valence-electron chi connectivity index (χ2n) is 12.4. The van der Waals surface area contributed by atoms with Gasteiger partial charge in [-0.1, -0.05) is 41.9 Å². The molecule has 0 saturated carbocycles. The first-order valence-corrected chi connectivity index (χ1v) is 18.0. The van der Waals surface area contributed by atoms with Crippen molar-refractivity contribution in [2.24, 2.45) is 5.41 Å². The number of nitrogens with one attached hydrogen (secondary N) is 2. The summed E-state index contributed by atoms with van der Waals surface area (Å²) in [7, 11) is -0.995. The summed E-state index contributed by atoms with van der Waals surface area (Å²) in [6.45, 7) is 10.8. The minimum Gasteiger partial charge on any atom is -0.494 e. The van der Waals surface area contributed by atoms with E-state index in [1.54, 1.807) is 26.6 Å². The number of β-amino-alcohol motifs (C(OH)–C–C–N with tert-alkyl or cyclic N) is 1. The van der Waals surface area contributed by atoms with E-state index < -0.39 is 7.14 Å². The zero-order chi connectivity index (χ0) is 31.1. The van der Waals surface area contributed by atoms with Gasteiger partial charge in [-0.2, -0.15) is 4.98 Å². The van der Waals surface area contributed by atoms with E-state index in [1.807, 2.05) is 36.4 Å². The largest absolute Gasteiger partial charge is 0.494 e. The van der Waals surface area contributed by atoms with Gasteiger partial charge in [0.2, 0.25) is 5.95 Å². The van der Waals surface area contributed by atoms with E-state index in [0.717, 1.165) is 72.9 Å². The standard InChI is InChI=1S/C33H40ClN6O3P/c1-22-17-27(29(43-2)18-28(22)40-13-11-33(12-14-40)20-39(21-33)15-16-41)37-32-35-19-25(34)31(38-32)36-26-10-9-23-7-5-6-8-24(23)30(26)44(3,4)42/h5-10,17-19,41H,11-16,20-21H2,1-4H3,(H2,35,36,37,38). The fourth-order valence-corrected chi connectivity index (χ4v) is 8.36. The maximum atomic E-state index is 13.4. The highest BCUT2D eigenvalue weighted by Crippen LogP contribution is 2.44. The number of anilines is 5. The Morgan fingerprint density at radius 2 is 1.82 bits per heavy atom. The summed E-state index contributed by atoms with van der Waals surface area (Å²) in [5.41, 5.74) is 4.15. The summed E-state index contributed by atoms with van der Waals surface area (Å²) >= 11 is 6.55. The number of hydrogen-bond donors (Lipinski definition) is 3. The van der Waals surface area contributed by atoms with Gasteiger partial charge in [-0.05, 0) is 67.0 Å². The molecule has 3 aromatic carbocycles. The maximum absolute atomic E-state index is 13.4. The Bertz CT molecular complexity index is 1730. The molecule has 6 rings (SSSR count). The number of aliphatic hydroxyl groups excluding tert-OH is 1. The molecule has 232 valence electrons. The summed E-state index contributed by atoms with van der Waals surface area (Å²) in [6, 6.07) is 16.0. The van der Waals surface area contributed by atoms with Gasteiger partial charge in [0, 0.05) is 49.8 Å². The second kappa shape index (κ2) is 12.2. The molecule has 2 aliphatic rings. The number of aromatic nitrogens is 2. The van der Waals surface area contributed by atoms with Crippen LogP contribution in [0, 0.1) is 12.3 Å². The van der Waals surface area contributed by atoms with Gasteiger partial charge in [-0.25, -0.2) is 4.98 Å². The molecular formula is C33H40ClN6O3P. The van der Waals surface area contributed by atoms with Crippen LogP contribution >= 0.6 is 18.7 Å². The Morgan fingerprint density at radius 3 is 2.52 bits per heavy atom. The summed E-state index contributed by atoms with van der Waals surface area (Å²) < 4.78 is 19.2. The lowest BCUT2D eigenvalue weighted by molar-refractivity contribution is -0.0260. The number of ether oxygens (including phenoxy) is 1. The highest BCUT2D eigenvalue weighted by molar-refractivity contribution is 7.71. The van der Waals surface area contributed by atoms with Gasteiger partial charge in [0.1, 0.15) is 17.9 Å². The second-order valence-corrected chi connectivity index (χ2v) is 16.0. The molecular weight excluding hydrogens is 595 g/mol. The van der Waals surface area contributed by atoms with Gasteiger partial charge in [0.15, 0.2) is 5.82 Å². The fourth-order valence-electron chi connectivity index (χ4n) is 6.72. The van der Waals surface area contributed by atoms with Gasteiger partial charge >= 0.3 is 0 Å². The predicted octanol–water partition coefficient (Wildman–Crippen LogP) is 6.23. The zero-order valence-corrected chi connectivity index (χ0v) is 27.4. The van der Waals surface area contributed by atoms with Crippen molar-refractivity contribution < 1.29 is 14.4 Å². The number of halogens is 1. The van der Waals surface area contributed by atoms with Crippen molar-refractivity contribution in [3.63, 3.8) is 0 Å².